The predicted molar refractivity (Wildman–Crippen MR) is 176 cm³/mol. The number of carbonyl (C=O) groups is 3. The van der Waals surface area contributed by atoms with Crippen molar-refractivity contribution in [1.82, 2.24) is 0 Å². The molecule has 0 fully saturated rings. The Hall–Kier alpha value is -1.52. The molecule has 0 aliphatic heterocycles. The third kappa shape index (κ3) is 32.2. The van der Waals surface area contributed by atoms with Gasteiger partial charge in [0.15, 0.2) is 6.10 Å². The molecule has 0 saturated carbocycles. The van der Waals surface area contributed by atoms with Gasteiger partial charge >= 0.3 is 25.7 Å². The fourth-order valence-electron chi connectivity index (χ4n) is 4.63. The van der Waals surface area contributed by atoms with Crippen LogP contribution < -0.4 is 0 Å². The van der Waals surface area contributed by atoms with Gasteiger partial charge in [0.05, 0.1) is 27.7 Å². The lowest BCUT2D eigenvalue weighted by Crippen LogP contribution is -2.37. The van der Waals surface area contributed by atoms with Crippen molar-refractivity contribution in [3.05, 3.63) is 0 Å². The monoisotopic (exact) mass is 666 g/mol. The molecule has 0 saturated heterocycles. The Morgan fingerprint density at radius 1 is 0.644 bits per heavy atom. The van der Waals surface area contributed by atoms with E-state index in [4.69, 9.17) is 23.6 Å². The number of hydrogen-bond acceptors (Lipinski definition) is 8. The summed E-state index contributed by atoms with van der Waals surface area (Å²) in [6, 6.07) is 0. The zero-order valence-electron chi connectivity index (χ0n) is 28.8. The number of nitrogens with zero attached hydrogens (tertiary/aromatic N) is 1. The summed E-state index contributed by atoms with van der Waals surface area (Å²) in [5.74, 6) is -1.75. The molecule has 2 N–H and O–H groups in total. The number of phosphoric acid groups is 1. The molecule has 2 unspecified atom stereocenters. The van der Waals surface area contributed by atoms with Crippen LogP contribution in [0, 0.1) is 0 Å². The van der Waals surface area contributed by atoms with E-state index in [1.165, 1.54) is 64.2 Å². The fourth-order valence-corrected chi connectivity index (χ4v) is 5.37. The highest BCUT2D eigenvalue weighted by molar-refractivity contribution is 7.47. The number of rotatable bonds is 32. The lowest BCUT2D eigenvalue weighted by atomic mass is 10.0. The van der Waals surface area contributed by atoms with Gasteiger partial charge in [0.1, 0.15) is 19.8 Å². The number of aliphatic carboxylic acids is 1. The predicted octanol–water partition coefficient (Wildman–Crippen LogP) is 7.58. The minimum absolute atomic E-state index is 0.00229. The number of quaternary nitrogens is 1. The van der Waals surface area contributed by atoms with E-state index in [1.54, 1.807) is 0 Å². The number of carbonyl (C=O) groups excluding carboxylic acids is 2. The van der Waals surface area contributed by atoms with Crippen LogP contribution in [0.4, 0.5) is 0 Å². The average molecular weight is 667 g/mol. The molecule has 0 aromatic rings. The molecule has 0 aromatic carbocycles. The summed E-state index contributed by atoms with van der Waals surface area (Å²) < 4.78 is 33.7. The van der Waals surface area contributed by atoms with Gasteiger partial charge in [-0.1, -0.05) is 103 Å². The highest BCUT2D eigenvalue weighted by Gasteiger charge is 2.27. The lowest BCUT2D eigenvalue weighted by Gasteiger charge is -2.24. The maximum Gasteiger partial charge on any atom is 0.472 e. The fraction of sp³-hybridized carbons (Fsp3) is 0.909. The smallest absolute Gasteiger partial charge is 0.472 e. The molecule has 0 aliphatic rings. The topological polar surface area (TPSA) is 146 Å². The number of likely N-dealkylation sites (N-methyl/N-ethyl adjacent to an activating group) is 1. The molecule has 45 heavy (non-hydrogen) atoms. The summed E-state index contributed by atoms with van der Waals surface area (Å²) in [5, 5.41) is 8.70. The van der Waals surface area contributed by atoms with Crippen LogP contribution in [0.3, 0.4) is 0 Å². The summed E-state index contributed by atoms with van der Waals surface area (Å²) >= 11 is 0. The van der Waals surface area contributed by atoms with E-state index in [0.29, 0.717) is 23.9 Å². The second kappa shape index (κ2) is 27.6. The molecule has 11 nitrogen and oxygen atoms in total. The molecular weight excluding hydrogens is 601 g/mol. The SMILES string of the molecule is CCCCCCCCCCCCCCCC(=O)OCC(COP(=O)(O)OCC[N+](C)(C)C)OC(=O)CCCCCCCC(=O)O. The van der Waals surface area contributed by atoms with E-state index in [2.05, 4.69) is 6.92 Å². The second-order valence-electron chi connectivity index (χ2n) is 13.1. The van der Waals surface area contributed by atoms with E-state index in [9.17, 15) is 23.8 Å². The van der Waals surface area contributed by atoms with Crippen molar-refractivity contribution in [2.45, 2.75) is 148 Å². The summed E-state index contributed by atoms with van der Waals surface area (Å²) in [5.41, 5.74) is 0. The highest BCUT2D eigenvalue weighted by atomic mass is 31.2. The van der Waals surface area contributed by atoms with Crippen molar-refractivity contribution >= 4 is 25.7 Å². The lowest BCUT2D eigenvalue weighted by molar-refractivity contribution is -0.870. The maximum atomic E-state index is 12.4. The Labute approximate surface area is 272 Å². The summed E-state index contributed by atoms with van der Waals surface area (Å²) in [6.45, 7) is 1.99. The van der Waals surface area contributed by atoms with Crippen molar-refractivity contribution in [3.8, 4) is 0 Å². The first-order valence-corrected chi connectivity index (χ1v) is 18.8. The molecule has 0 rings (SSSR count). The normalized spacial score (nSPS) is 13.7. The first-order chi connectivity index (χ1) is 21.3. The number of carboxylic acid groups (broad SMARTS) is 1. The number of unbranched alkanes of at least 4 members (excludes halogenated alkanes) is 16. The second-order valence-corrected chi connectivity index (χ2v) is 14.5. The van der Waals surface area contributed by atoms with E-state index < -0.39 is 38.4 Å². The van der Waals surface area contributed by atoms with Crippen molar-refractivity contribution in [2.75, 3.05) is 47.5 Å². The van der Waals surface area contributed by atoms with Crippen LogP contribution in [0.2, 0.25) is 0 Å². The van der Waals surface area contributed by atoms with Crippen molar-refractivity contribution in [3.63, 3.8) is 0 Å². The molecule has 0 aliphatic carbocycles. The van der Waals surface area contributed by atoms with E-state index in [1.807, 2.05) is 21.1 Å². The highest BCUT2D eigenvalue weighted by Crippen LogP contribution is 2.43. The van der Waals surface area contributed by atoms with Gasteiger partial charge in [0, 0.05) is 19.3 Å². The Bertz CT molecular complexity index is 818. The Balaban J connectivity index is 4.42. The molecule has 0 heterocycles. The van der Waals surface area contributed by atoms with E-state index in [0.717, 1.165) is 38.5 Å². The first-order valence-electron chi connectivity index (χ1n) is 17.3. The quantitative estimate of drug-likeness (QED) is 0.0319. The number of esters is 2. The van der Waals surface area contributed by atoms with Gasteiger partial charge in [0.25, 0.3) is 0 Å². The number of phosphoric ester groups is 1. The Kier molecular flexibility index (Phi) is 26.6. The van der Waals surface area contributed by atoms with E-state index >= 15 is 0 Å². The maximum absolute atomic E-state index is 12.4. The molecule has 0 radical (unpaired) electrons. The molecule has 0 bridgehead atoms. The van der Waals surface area contributed by atoms with Gasteiger partial charge in [-0.2, -0.15) is 0 Å². The van der Waals surface area contributed by atoms with Crippen LogP contribution >= 0.6 is 7.82 Å². The number of hydrogen-bond donors (Lipinski definition) is 2. The van der Waals surface area contributed by atoms with Crippen molar-refractivity contribution in [1.29, 1.82) is 0 Å². The zero-order valence-corrected chi connectivity index (χ0v) is 29.7. The van der Waals surface area contributed by atoms with Gasteiger partial charge in [-0.05, 0) is 19.3 Å². The summed E-state index contributed by atoms with van der Waals surface area (Å²) in [7, 11) is 1.37. The van der Waals surface area contributed by atoms with Crippen LogP contribution in [-0.2, 0) is 37.5 Å². The van der Waals surface area contributed by atoms with Crippen LogP contribution in [0.25, 0.3) is 0 Å². The third-order valence-electron chi connectivity index (χ3n) is 7.42. The number of carboxylic acids is 1. The molecule has 0 aromatic heterocycles. The third-order valence-corrected chi connectivity index (χ3v) is 8.41. The summed E-state index contributed by atoms with van der Waals surface area (Å²) in [6.07, 6.45) is 18.7. The minimum atomic E-state index is -4.39. The largest absolute Gasteiger partial charge is 0.481 e. The molecule has 0 amide bonds. The van der Waals surface area contributed by atoms with E-state index in [-0.39, 0.29) is 32.5 Å². The average Bonchev–Trinajstić information content (AvgIpc) is 2.95. The van der Waals surface area contributed by atoms with Crippen molar-refractivity contribution < 1.29 is 52.0 Å². The molecule has 2 atom stereocenters. The Morgan fingerprint density at radius 3 is 1.56 bits per heavy atom. The molecular formula is C33H65NO10P+. The van der Waals surface area contributed by atoms with Gasteiger partial charge in [-0.15, -0.1) is 0 Å². The molecule has 0 spiro atoms. The molecule has 266 valence electrons. The number of ether oxygens (including phenoxy) is 2. The Morgan fingerprint density at radius 2 is 1.09 bits per heavy atom. The summed E-state index contributed by atoms with van der Waals surface area (Å²) in [4.78, 5) is 45.4. The van der Waals surface area contributed by atoms with Crippen LogP contribution in [-0.4, -0.2) is 86.0 Å². The first kappa shape index (κ1) is 43.5. The zero-order chi connectivity index (χ0) is 33.8. The molecule has 12 heteroatoms. The van der Waals surface area contributed by atoms with Crippen LogP contribution in [0.1, 0.15) is 142 Å². The standard InChI is InChI=1S/C33H64NO10P/c1-5-6-7-8-9-10-11-12-13-14-15-18-21-24-32(37)41-28-30(29-43-45(39,40)42-27-26-34(2,3)4)44-33(38)25-22-19-16-17-20-23-31(35)36/h30H,5-29H2,1-4H3,(H-,35,36,39,40)/p+1. The van der Waals surface area contributed by atoms with Gasteiger partial charge in [0.2, 0.25) is 0 Å². The van der Waals surface area contributed by atoms with Crippen molar-refractivity contribution in [2.24, 2.45) is 0 Å². The van der Waals surface area contributed by atoms with Gasteiger partial charge in [-0.25, -0.2) is 4.57 Å². The van der Waals surface area contributed by atoms with Crippen LogP contribution in [0.15, 0.2) is 0 Å². The minimum Gasteiger partial charge on any atom is -0.481 e. The van der Waals surface area contributed by atoms with Gasteiger partial charge in [-0.3, -0.25) is 23.4 Å². The van der Waals surface area contributed by atoms with Crippen LogP contribution in [0.5, 0.6) is 0 Å². The van der Waals surface area contributed by atoms with Gasteiger partial charge < -0.3 is 24.0 Å².